The monoisotopic (exact) mass is 432 g/mol. The molecule has 0 unspecified atom stereocenters. The minimum atomic E-state index is -0.0437. The molecule has 4 aromatic rings. The van der Waals surface area contributed by atoms with E-state index >= 15 is 0 Å². The Bertz CT molecular complexity index is 1270. The predicted molar refractivity (Wildman–Crippen MR) is 119 cm³/mol. The summed E-state index contributed by atoms with van der Waals surface area (Å²) in [4.78, 5) is 23.6. The highest BCUT2D eigenvalue weighted by Gasteiger charge is 2.29. The van der Waals surface area contributed by atoms with Gasteiger partial charge in [0.2, 0.25) is 0 Å². The fourth-order valence-corrected chi connectivity index (χ4v) is 4.08. The van der Waals surface area contributed by atoms with Gasteiger partial charge >= 0.3 is 0 Å². The molecule has 0 radical (unpaired) electrons. The quantitative estimate of drug-likeness (QED) is 0.531. The number of anilines is 1. The maximum Gasteiger partial charge on any atom is 0.298 e. The molecule has 1 atom stereocenters. The highest BCUT2D eigenvalue weighted by Crippen LogP contribution is 2.27. The van der Waals surface area contributed by atoms with E-state index in [2.05, 4.69) is 22.1 Å². The smallest absolute Gasteiger partial charge is 0.298 e. The number of fused-ring (bicyclic) bond motifs is 1. The second-order valence-corrected chi connectivity index (χ2v) is 8.11. The Morgan fingerprint density at radius 1 is 1.09 bits per heavy atom. The van der Waals surface area contributed by atoms with E-state index in [0.29, 0.717) is 48.0 Å². The molecule has 2 aromatic heterocycles. The summed E-state index contributed by atoms with van der Waals surface area (Å²) in [6.45, 7) is 5.87. The van der Waals surface area contributed by atoms with Crippen LogP contribution in [0.1, 0.15) is 29.3 Å². The third kappa shape index (κ3) is 3.66. The molecule has 1 amide bonds. The second kappa shape index (κ2) is 7.99. The Kier molecular flexibility index (Phi) is 5.01. The molecule has 32 heavy (non-hydrogen) atoms. The first-order valence-electron chi connectivity index (χ1n) is 10.6. The van der Waals surface area contributed by atoms with Crippen molar-refractivity contribution < 1.29 is 14.3 Å². The van der Waals surface area contributed by atoms with Crippen molar-refractivity contribution >= 4 is 23.0 Å². The minimum absolute atomic E-state index is 0.0415. The molecular formula is C23H24N6O3. The standard InChI is InChI=1S/C23H24N6O3/c1-15-3-6-20(29-24-8-9-25-29)18(13-15)22(31)28-12-11-27(10-7-16(28)2)23-26-19-5-4-17(30)14-21(19)32-23/h3-6,8-9,13-14,16,30H,7,10-12H2,1-2H3/t16-/m1/s1. The van der Waals surface area contributed by atoms with Crippen LogP contribution in [0.4, 0.5) is 6.01 Å². The summed E-state index contributed by atoms with van der Waals surface area (Å²) in [5.41, 5.74) is 3.49. The first-order chi connectivity index (χ1) is 15.5. The van der Waals surface area contributed by atoms with Gasteiger partial charge in [-0.15, -0.1) is 0 Å². The molecule has 2 aromatic carbocycles. The normalized spacial score (nSPS) is 17.0. The number of rotatable bonds is 3. The largest absolute Gasteiger partial charge is 0.508 e. The number of hydrogen-bond donors (Lipinski definition) is 1. The Hall–Kier alpha value is -3.88. The molecule has 1 fully saturated rings. The molecule has 1 N–H and O–H groups in total. The average molecular weight is 432 g/mol. The number of nitrogens with zero attached hydrogens (tertiary/aromatic N) is 6. The zero-order chi connectivity index (χ0) is 22.2. The summed E-state index contributed by atoms with van der Waals surface area (Å²) in [5.74, 6) is 0.0972. The summed E-state index contributed by atoms with van der Waals surface area (Å²) < 4.78 is 5.87. The van der Waals surface area contributed by atoms with Gasteiger partial charge in [0.25, 0.3) is 11.9 Å². The Morgan fingerprint density at radius 2 is 1.91 bits per heavy atom. The average Bonchev–Trinajstić information content (AvgIpc) is 3.41. The van der Waals surface area contributed by atoms with Gasteiger partial charge in [-0.2, -0.15) is 20.0 Å². The summed E-state index contributed by atoms with van der Waals surface area (Å²) in [6.07, 6.45) is 3.97. The molecule has 164 valence electrons. The maximum absolute atomic E-state index is 13.6. The molecule has 1 aliphatic rings. The number of oxazole rings is 1. The van der Waals surface area contributed by atoms with Crippen LogP contribution in [0, 0.1) is 6.92 Å². The molecule has 0 saturated carbocycles. The third-order valence-electron chi connectivity index (χ3n) is 5.87. The van der Waals surface area contributed by atoms with Gasteiger partial charge in [-0.05, 0) is 44.5 Å². The van der Waals surface area contributed by atoms with Gasteiger partial charge in [-0.25, -0.2) is 0 Å². The SMILES string of the molecule is Cc1ccc(-n2nccn2)c(C(=O)N2CCN(c3nc4ccc(O)cc4o3)CC[C@H]2C)c1. The maximum atomic E-state index is 13.6. The zero-order valence-electron chi connectivity index (χ0n) is 18.0. The van der Waals surface area contributed by atoms with Gasteiger partial charge in [0.1, 0.15) is 11.3 Å². The van der Waals surface area contributed by atoms with Crippen molar-refractivity contribution in [1.82, 2.24) is 24.9 Å². The van der Waals surface area contributed by atoms with Crippen LogP contribution in [0.25, 0.3) is 16.8 Å². The first kappa shape index (κ1) is 20.0. The number of hydrogen-bond acceptors (Lipinski definition) is 7. The third-order valence-corrected chi connectivity index (χ3v) is 5.87. The lowest BCUT2D eigenvalue weighted by molar-refractivity contribution is 0.0704. The predicted octanol–water partition coefficient (Wildman–Crippen LogP) is 3.16. The highest BCUT2D eigenvalue weighted by atomic mass is 16.4. The van der Waals surface area contributed by atoms with E-state index in [9.17, 15) is 9.90 Å². The molecule has 1 saturated heterocycles. The van der Waals surface area contributed by atoms with Gasteiger partial charge < -0.3 is 19.3 Å². The van der Waals surface area contributed by atoms with Crippen molar-refractivity contribution in [2.75, 3.05) is 24.5 Å². The fourth-order valence-electron chi connectivity index (χ4n) is 4.08. The van der Waals surface area contributed by atoms with Gasteiger partial charge in [0, 0.05) is 31.7 Å². The number of aromatic hydroxyl groups is 1. The summed E-state index contributed by atoms with van der Waals surface area (Å²) in [5, 5.41) is 18.1. The van der Waals surface area contributed by atoms with E-state index < -0.39 is 0 Å². The zero-order valence-corrected chi connectivity index (χ0v) is 18.0. The summed E-state index contributed by atoms with van der Waals surface area (Å²) >= 11 is 0. The molecule has 0 spiro atoms. The van der Waals surface area contributed by atoms with Gasteiger partial charge in [0.15, 0.2) is 5.58 Å². The lowest BCUT2D eigenvalue weighted by Gasteiger charge is -2.27. The van der Waals surface area contributed by atoms with E-state index in [1.807, 2.05) is 34.9 Å². The van der Waals surface area contributed by atoms with Crippen LogP contribution < -0.4 is 4.90 Å². The number of carbonyl (C=O) groups is 1. The Morgan fingerprint density at radius 3 is 2.72 bits per heavy atom. The first-order valence-corrected chi connectivity index (χ1v) is 10.6. The van der Waals surface area contributed by atoms with E-state index in [1.54, 1.807) is 30.6 Å². The van der Waals surface area contributed by atoms with Crippen molar-refractivity contribution in [1.29, 1.82) is 0 Å². The molecule has 9 heteroatoms. The molecule has 0 bridgehead atoms. The number of aromatic nitrogens is 4. The van der Waals surface area contributed by atoms with Crippen molar-refractivity contribution in [3.63, 3.8) is 0 Å². The number of phenols is 1. The lowest BCUT2D eigenvalue weighted by atomic mass is 10.1. The second-order valence-electron chi connectivity index (χ2n) is 8.11. The Balaban J connectivity index is 1.41. The molecule has 9 nitrogen and oxygen atoms in total. The van der Waals surface area contributed by atoms with Gasteiger partial charge in [-0.3, -0.25) is 4.79 Å². The van der Waals surface area contributed by atoms with Gasteiger partial charge in [0.05, 0.1) is 23.6 Å². The highest BCUT2D eigenvalue weighted by molar-refractivity contribution is 5.98. The van der Waals surface area contributed by atoms with Crippen LogP contribution in [0.15, 0.2) is 53.2 Å². The number of aryl methyl sites for hydroxylation is 1. The van der Waals surface area contributed by atoms with Crippen molar-refractivity contribution in [3.8, 4) is 11.4 Å². The van der Waals surface area contributed by atoms with Crippen LogP contribution in [-0.2, 0) is 0 Å². The van der Waals surface area contributed by atoms with E-state index in [-0.39, 0.29) is 17.7 Å². The van der Waals surface area contributed by atoms with E-state index in [1.165, 1.54) is 4.80 Å². The Labute approximate surface area is 184 Å². The molecule has 3 heterocycles. The minimum Gasteiger partial charge on any atom is -0.508 e. The number of benzene rings is 2. The fraction of sp³-hybridized carbons (Fsp3) is 0.304. The van der Waals surface area contributed by atoms with Crippen LogP contribution in [0.2, 0.25) is 0 Å². The van der Waals surface area contributed by atoms with Crippen molar-refractivity contribution in [2.24, 2.45) is 0 Å². The number of phenolic OH excluding ortho intramolecular Hbond substituents is 1. The molecule has 0 aliphatic carbocycles. The van der Waals surface area contributed by atoms with Gasteiger partial charge in [-0.1, -0.05) is 11.6 Å². The summed E-state index contributed by atoms with van der Waals surface area (Å²) in [6, 6.07) is 11.2. The van der Waals surface area contributed by atoms with Crippen LogP contribution in [0.5, 0.6) is 5.75 Å². The van der Waals surface area contributed by atoms with Crippen LogP contribution >= 0.6 is 0 Å². The van der Waals surface area contributed by atoms with Crippen molar-refractivity contribution in [2.45, 2.75) is 26.3 Å². The van der Waals surface area contributed by atoms with Crippen molar-refractivity contribution in [3.05, 3.63) is 59.9 Å². The summed E-state index contributed by atoms with van der Waals surface area (Å²) in [7, 11) is 0. The molecule has 5 rings (SSSR count). The number of carbonyl (C=O) groups excluding carboxylic acids is 1. The van der Waals surface area contributed by atoms with E-state index in [4.69, 9.17) is 4.42 Å². The molecule has 1 aliphatic heterocycles. The van der Waals surface area contributed by atoms with Crippen LogP contribution in [0.3, 0.4) is 0 Å². The lowest BCUT2D eigenvalue weighted by Crippen LogP contribution is -2.40. The topological polar surface area (TPSA) is 101 Å². The van der Waals surface area contributed by atoms with E-state index in [0.717, 1.165) is 12.0 Å². The molecular weight excluding hydrogens is 408 g/mol. The van der Waals surface area contributed by atoms with Crippen LogP contribution in [-0.4, -0.2) is 61.6 Å². The number of amides is 1.